The van der Waals surface area contributed by atoms with Crippen molar-refractivity contribution in [2.45, 2.75) is 56.8 Å². The van der Waals surface area contributed by atoms with E-state index in [-0.39, 0.29) is 30.2 Å². The molecular formula is C28H24F7N7O2. The highest BCUT2D eigenvalue weighted by atomic mass is 19.4. The number of hydrogen-bond donors (Lipinski definition) is 3. The molecule has 0 unspecified atom stereocenters. The van der Waals surface area contributed by atoms with E-state index in [1.54, 1.807) is 0 Å². The second-order valence-corrected chi connectivity index (χ2v) is 10.5. The van der Waals surface area contributed by atoms with Crippen LogP contribution < -0.4 is 11.1 Å². The molecule has 5 rings (SSSR count). The summed E-state index contributed by atoms with van der Waals surface area (Å²) < 4.78 is 94.4. The molecule has 1 saturated heterocycles. The van der Waals surface area contributed by atoms with Crippen molar-refractivity contribution in [2.24, 2.45) is 0 Å². The quantitative estimate of drug-likeness (QED) is 0.323. The third-order valence-corrected chi connectivity index (χ3v) is 7.48. The molecule has 3 aromatic rings. The number of nitrogens with zero attached hydrogens (tertiary/aromatic N) is 4. The SMILES string of the molecule is N=C1N[C@](CCCC(F)(F)F)(c2ccc(F)cc2)C(=O)N1Cc1ccc(C(F)(F)F)c(C(=O)N2Cc3cnc(N)nc3C2)c1. The van der Waals surface area contributed by atoms with Gasteiger partial charge in [-0.25, -0.2) is 14.4 Å². The van der Waals surface area contributed by atoms with Gasteiger partial charge in [0.15, 0.2) is 5.96 Å². The molecule has 0 radical (unpaired) electrons. The van der Waals surface area contributed by atoms with Crippen molar-refractivity contribution < 1.29 is 40.3 Å². The normalized spacial score (nSPS) is 18.5. The van der Waals surface area contributed by atoms with Crippen molar-refractivity contribution in [1.82, 2.24) is 25.1 Å². The van der Waals surface area contributed by atoms with Gasteiger partial charge in [-0.15, -0.1) is 0 Å². The number of carbonyl (C=O) groups excluding carboxylic acids is 2. The van der Waals surface area contributed by atoms with E-state index in [0.717, 1.165) is 34.1 Å². The molecule has 2 amide bonds. The van der Waals surface area contributed by atoms with Gasteiger partial charge in [0.2, 0.25) is 5.95 Å². The van der Waals surface area contributed by atoms with E-state index in [2.05, 4.69) is 15.3 Å². The van der Waals surface area contributed by atoms with Crippen molar-refractivity contribution in [1.29, 1.82) is 5.41 Å². The predicted molar refractivity (Wildman–Crippen MR) is 141 cm³/mol. The summed E-state index contributed by atoms with van der Waals surface area (Å²) >= 11 is 0. The molecule has 3 heterocycles. The molecule has 9 nitrogen and oxygen atoms in total. The minimum atomic E-state index is -4.91. The summed E-state index contributed by atoms with van der Waals surface area (Å²) in [7, 11) is 0. The summed E-state index contributed by atoms with van der Waals surface area (Å²) in [4.78, 5) is 37.0. The fourth-order valence-corrected chi connectivity index (χ4v) is 5.38. The van der Waals surface area contributed by atoms with Crippen LogP contribution in [0.1, 0.15) is 57.6 Å². The van der Waals surface area contributed by atoms with Crippen LogP contribution in [0.2, 0.25) is 0 Å². The van der Waals surface area contributed by atoms with Gasteiger partial charge in [-0.1, -0.05) is 18.2 Å². The van der Waals surface area contributed by atoms with Crippen LogP contribution in [-0.2, 0) is 36.1 Å². The Hall–Kier alpha value is -4.76. The number of hydrogen-bond acceptors (Lipinski definition) is 6. The van der Waals surface area contributed by atoms with E-state index in [1.807, 2.05) is 0 Å². The largest absolute Gasteiger partial charge is 0.417 e. The highest BCUT2D eigenvalue weighted by Crippen LogP contribution is 2.38. The van der Waals surface area contributed by atoms with Crippen molar-refractivity contribution in [3.05, 3.63) is 88.0 Å². The Balaban J connectivity index is 1.45. The smallest absolute Gasteiger partial charge is 0.368 e. The van der Waals surface area contributed by atoms with Crippen molar-refractivity contribution in [2.75, 3.05) is 5.73 Å². The first-order chi connectivity index (χ1) is 20.6. The minimum Gasteiger partial charge on any atom is -0.368 e. The maximum absolute atomic E-state index is 14.0. The first kappa shape index (κ1) is 30.7. The number of benzene rings is 2. The highest BCUT2D eigenvalue weighted by Gasteiger charge is 2.51. The maximum atomic E-state index is 14.0. The topological polar surface area (TPSA) is 128 Å². The van der Waals surface area contributed by atoms with Gasteiger partial charge in [0, 0.05) is 24.7 Å². The van der Waals surface area contributed by atoms with Crippen LogP contribution in [0.3, 0.4) is 0 Å². The lowest BCUT2D eigenvalue weighted by Crippen LogP contribution is -2.44. The van der Waals surface area contributed by atoms with Gasteiger partial charge in [-0.05, 0) is 48.2 Å². The Kier molecular flexibility index (Phi) is 7.72. The molecular weight excluding hydrogens is 599 g/mol. The summed E-state index contributed by atoms with van der Waals surface area (Å²) in [5.74, 6) is -3.06. The van der Waals surface area contributed by atoms with E-state index < -0.39 is 78.4 Å². The van der Waals surface area contributed by atoms with Crippen molar-refractivity contribution in [3.63, 3.8) is 0 Å². The zero-order chi connectivity index (χ0) is 32.0. The lowest BCUT2D eigenvalue weighted by molar-refractivity contribution is -0.140. The van der Waals surface area contributed by atoms with Crippen LogP contribution >= 0.6 is 0 Å². The third kappa shape index (κ3) is 6.01. The molecule has 44 heavy (non-hydrogen) atoms. The van der Waals surface area contributed by atoms with Gasteiger partial charge in [0.1, 0.15) is 11.4 Å². The Morgan fingerprint density at radius 1 is 1.07 bits per heavy atom. The van der Waals surface area contributed by atoms with Crippen LogP contribution in [0.25, 0.3) is 0 Å². The van der Waals surface area contributed by atoms with Gasteiger partial charge >= 0.3 is 12.4 Å². The molecule has 2 aliphatic rings. The molecule has 16 heteroatoms. The standard InChI is InChI=1S/C28H24F7N7O2/c29-18-5-3-17(4-6-18)26(8-1-9-27(30,31)32)23(44)42(25(37)40-26)12-15-2-7-20(28(33,34)35)19(10-15)22(43)41-13-16-11-38-24(36)39-21(16)14-41/h2-7,10-11H,1,8-9,12-14H2,(H2,37,40)(H2,36,38,39)/t26-/m1/s1. The molecule has 0 spiro atoms. The lowest BCUT2D eigenvalue weighted by atomic mass is 9.84. The van der Waals surface area contributed by atoms with Crippen molar-refractivity contribution in [3.8, 4) is 0 Å². The molecule has 4 N–H and O–H groups in total. The molecule has 1 aromatic heterocycles. The number of halogens is 7. The van der Waals surface area contributed by atoms with Gasteiger partial charge in [-0.3, -0.25) is 19.9 Å². The highest BCUT2D eigenvalue weighted by molar-refractivity contribution is 6.08. The molecule has 1 atom stereocenters. The van der Waals surface area contributed by atoms with Crippen LogP contribution in [0.4, 0.5) is 36.7 Å². The van der Waals surface area contributed by atoms with E-state index in [4.69, 9.17) is 11.1 Å². The van der Waals surface area contributed by atoms with Gasteiger partial charge in [0.25, 0.3) is 11.8 Å². The van der Waals surface area contributed by atoms with E-state index >= 15 is 0 Å². The molecule has 2 aliphatic heterocycles. The third-order valence-electron chi connectivity index (χ3n) is 7.48. The molecule has 0 saturated carbocycles. The van der Waals surface area contributed by atoms with Crippen LogP contribution in [0.5, 0.6) is 0 Å². The zero-order valence-electron chi connectivity index (χ0n) is 22.7. The molecule has 0 bridgehead atoms. The number of nitrogens with two attached hydrogens (primary N) is 1. The average Bonchev–Trinajstić information content (AvgIpc) is 3.46. The van der Waals surface area contributed by atoms with Gasteiger partial charge in [0.05, 0.1) is 29.9 Å². The average molecular weight is 624 g/mol. The number of aromatic nitrogens is 2. The first-order valence-corrected chi connectivity index (χ1v) is 13.2. The number of nitrogen functional groups attached to an aromatic ring is 1. The van der Waals surface area contributed by atoms with Crippen LogP contribution in [0, 0.1) is 11.2 Å². The fourth-order valence-electron chi connectivity index (χ4n) is 5.38. The Bertz CT molecular complexity index is 1630. The Morgan fingerprint density at radius 2 is 1.77 bits per heavy atom. The van der Waals surface area contributed by atoms with Gasteiger partial charge < -0.3 is 16.0 Å². The summed E-state index contributed by atoms with van der Waals surface area (Å²) in [6, 6.07) is 7.18. The van der Waals surface area contributed by atoms with E-state index in [0.29, 0.717) is 17.3 Å². The number of amides is 2. The predicted octanol–water partition coefficient (Wildman–Crippen LogP) is 4.87. The summed E-state index contributed by atoms with van der Waals surface area (Å²) in [6.45, 7) is -0.652. The minimum absolute atomic E-state index is 0.0483. The molecule has 232 valence electrons. The number of anilines is 1. The number of fused-ring (bicyclic) bond motifs is 1. The second kappa shape index (κ2) is 11.1. The van der Waals surface area contributed by atoms with Crippen molar-refractivity contribution >= 4 is 23.7 Å². The second-order valence-electron chi connectivity index (χ2n) is 10.5. The maximum Gasteiger partial charge on any atom is 0.417 e. The molecule has 0 aliphatic carbocycles. The molecule has 2 aromatic carbocycles. The lowest BCUT2D eigenvalue weighted by Gasteiger charge is -2.28. The summed E-state index contributed by atoms with van der Waals surface area (Å²) in [6.07, 6.45) is -10.2. The number of guanidine groups is 1. The van der Waals surface area contributed by atoms with E-state index in [9.17, 15) is 40.3 Å². The zero-order valence-corrected chi connectivity index (χ0v) is 22.7. The van der Waals surface area contributed by atoms with E-state index in [1.165, 1.54) is 18.3 Å². The van der Waals surface area contributed by atoms with Crippen LogP contribution in [-0.4, -0.2) is 43.7 Å². The first-order valence-electron chi connectivity index (χ1n) is 13.2. The number of alkyl halides is 6. The number of carbonyl (C=O) groups is 2. The summed E-state index contributed by atoms with van der Waals surface area (Å²) in [5.41, 5.74) is 2.86. The Morgan fingerprint density at radius 3 is 2.43 bits per heavy atom. The number of rotatable bonds is 7. The Labute approximate surface area is 245 Å². The van der Waals surface area contributed by atoms with Gasteiger partial charge in [-0.2, -0.15) is 26.3 Å². The fraction of sp³-hybridized carbons (Fsp3) is 0.321. The molecule has 1 fully saturated rings. The monoisotopic (exact) mass is 623 g/mol. The summed E-state index contributed by atoms with van der Waals surface area (Å²) in [5, 5.41) is 11.1. The number of nitrogens with one attached hydrogen (secondary N) is 2. The van der Waals surface area contributed by atoms with Crippen LogP contribution in [0.15, 0.2) is 48.7 Å².